The molecule has 0 atom stereocenters. The number of piperidine rings is 5. The molecule has 36 nitrogen and oxygen atoms in total. The van der Waals surface area contributed by atoms with Gasteiger partial charge in [-0.3, -0.25) is 29.2 Å². The molecule has 36 heteroatoms. The number of carboxylic acids is 1. The third-order valence-corrected chi connectivity index (χ3v) is 21.9. The van der Waals surface area contributed by atoms with Crippen LogP contribution in [0.1, 0.15) is 188 Å². The van der Waals surface area contributed by atoms with E-state index in [9.17, 15) is 57.8 Å². The van der Waals surface area contributed by atoms with Crippen molar-refractivity contribution < 1.29 is 106 Å². The molecule has 7 heterocycles. The summed E-state index contributed by atoms with van der Waals surface area (Å²) in [5.41, 5.74) is 15.0. The van der Waals surface area contributed by atoms with Gasteiger partial charge in [-0.05, 0) is 185 Å². The number of benzene rings is 6. The summed E-state index contributed by atoms with van der Waals surface area (Å²) in [7, 11) is 4.62. The Morgan fingerprint density at radius 3 is 0.985 bits per heavy atom. The second-order valence-electron chi connectivity index (χ2n) is 37.0. The number of aliphatic imine (C=N–C) groups is 2. The number of hydrogen-bond donors (Lipinski definition) is 10. The third kappa shape index (κ3) is 35.6. The molecule has 7 aliphatic rings. The average Bonchev–Trinajstić information content (AvgIpc) is 1.49. The number of amidine groups is 2. The molecule has 13 rings (SSSR count). The summed E-state index contributed by atoms with van der Waals surface area (Å²) < 4.78 is 47.1. The van der Waals surface area contributed by atoms with Crippen LogP contribution in [0.5, 0.6) is 0 Å². The maximum atomic E-state index is 12.5. The molecule has 10 amide bonds. The van der Waals surface area contributed by atoms with Crippen molar-refractivity contribution in [1.82, 2.24) is 46.2 Å². The smallest absolute Gasteiger partial charge is 0.410 e. The SMILES string of the molecule is CC(C)(C)OC(=O)N1CCC(N)(C(N)=O)CC1.CC(C)(C)OC(=O)N1CCC(NC(=O)OCc2ccccc2)(C(=O)O)CC1.CC(C)(C)OC(=O)N1CCC(NC(=O)OCc2ccccc2)(C(N)=O)CC1.CC(C)(C)OC(=O)N1CCC2(CC1)N=C(c1ccccc1)NC2=O.CCO.COC(OC)(OC)c1ccccc1.Cc1ccccc1.O=C1NC(c2ccccc2)=NC12CCNCC2. The maximum absolute atomic E-state index is 12.5. The van der Waals surface area contributed by atoms with E-state index in [2.05, 4.69) is 55.6 Å². The van der Waals surface area contributed by atoms with Crippen molar-refractivity contribution >= 4 is 77.8 Å². The number of aliphatic hydroxyl groups is 1. The number of carbonyl (C=O) groups is 11. The van der Waals surface area contributed by atoms with Gasteiger partial charge in [0.05, 0.1) is 5.54 Å². The Balaban J connectivity index is 0.000000247. The minimum Gasteiger partial charge on any atom is -0.480 e. The molecule has 0 saturated carbocycles. The van der Waals surface area contributed by atoms with Crippen molar-refractivity contribution in [2.45, 2.75) is 230 Å². The zero-order valence-corrected chi connectivity index (χ0v) is 81.1. The van der Waals surface area contributed by atoms with E-state index in [1.54, 1.807) is 91.7 Å². The predicted octanol–water partition coefficient (Wildman–Crippen LogP) is 11.9. The van der Waals surface area contributed by atoms with E-state index in [0.29, 0.717) is 57.7 Å². The Bertz CT molecular complexity index is 4710. The molecule has 2 spiro atoms. The van der Waals surface area contributed by atoms with Gasteiger partial charge in [-0.1, -0.05) is 188 Å². The number of alkyl carbamates (subject to hydrolysis) is 2. The molecule has 738 valence electrons. The molecule has 0 bridgehead atoms. The predicted molar refractivity (Wildman–Crippen MR) is 509 cm³/mol. The van der Waals surface area contributed by atoms with E-state index in [0.717, 1.165) is 59.6 Å². The number of aliphatic hydroxyl groups excluding tert-OH is 1. The number of methoxy groups -OCH3 is 3. The van der Waals surface area contributed by atoms with Gasteiger partial charge in [0.1, 0.15) is 69.4 Å². The minimum atomic E-state index is -1.47. The summed E-state index contributed by atoms with van der Waals surface area (Å²) in [6.07, 6.45) is 0.715. The Labute approximate surface area is 792 Å². The molecular weight excluding hydrogens is 1740 g/mol. The summed E-state index contributed by atoms with van der Waals surface area (Å²) in [4.78, 5) is 147. The summed E-state index contributed by atoms with van der Waals surface area (Å²) >= 11 is 0. The lowest BCUT2D eigenvalue weighted by Crippen LogP contribution is -2.63. The highest BCUT2D eigenvalue weighted by Gasteiger charge is 2.50. The number of nitrogens with two attached hydrogens (primary N) is 3. The normalized spacial score (nSPS) is 17.1. The number of ether oxygens (including phenoxy) is 9. The van der Waals surface area contributed by atoms with Crippen LogP contribution in [0, 0.1) is 6.92 Å². The third-order valence-electron chi connectivity index (χ3n) is 21.9. The van der Waals surface area contributed by atoms with Crippen LogP contribution in [0.2, 0.25) is 0 Å². The lowest BCUT2D eigenvalue weighted by molar-refractivity contribution is -0.364. The van der Waals surface area contributed by atoms with Crippen molar-refractivity contribution in [3.8, 4) is 0 Å². The van der Waals surface area contributed by atoms with Crippen LogP contribution in [0.15, 0.2) is 192 Å². The Kier molecular flexibility index (Phi) is 42.1. The molecule has 135 heavy (non-hydrogen) atoms. The zero-order chi connectivity index (χ0) is 100. The fourth-order valence-electron chi connectivity index (χ4n) is 14.4. The Hall–Kier alpha value is -12.6. The first-order valence-corrected chi connectivity index (χ1v) is 45.0. The molecule has 5 fully saturated rings. The Morgan fingerprint density at radius 2 is 0.696 bits per heavy atom. The molecule has 5 saturated heterocycles. The van der Waals surface area contributed by atoms with E-state index < -0.39 is 98.2 Å². The number of aliphatic carboxylic acids is 1. The van der Waals surface area contributed by atoms with Crippen LogP contribution >= 0.6 is 0 Å². The number of nitrogens with zero attached hydrogens (tertiary/aromatic N) is 6. The number of nitrogens with one attached hydrogen (secondary N) is 5. The van der Waals surface area contributed by atoms with E-state index in [4.69, 9.17) is 64.9 Å². The molecule has 6 aromatic rings. The van der Waals surface area contributed by atoms with Crippen LogP contribution in [0.4, 0.5) is 28.8 Å². The van der Waals surface area contributed by atoms with Crippen LogP contribution in [0.25, 0.3) is 0 Å². The second-order valence-corrected chi connectivity index (χ2v) is 37.0. The molecule has 0 aromatic heterocycles. The van der Waals surface area contributed by atoms with Crippen molar-refractivity contribution in [2.75, 3.05) is 93.4 Å². The van der Waals surface area contributed by atoms with Crippen molar-refractivity contribution in [3.63, 3.8) is 0 Å². The highest BCUT2D eigenvalue weighted by molar-refractivity contribution is 6.16. The second kappa shape index (κ2) is 51.2. The van der Waals surface area contributed by atoms with E-state index in [-0.39, 0.29) is 95.7 Å². The highest BCUT2D eigenvalue weighted by Crippen LogP contribution is 2.34. The van der Waals surface area contributed by atoms with Crippen LogP contribution < -0.4 is 43.8 Å². The number of amides is 10. The van der Waals surface area contributed by atoms with Crippen molar-refractivity contribution in [3.05, 3.63) is 215 Å². The van der Waals surface area contributed by atoms with Gasteiger partial charge in [0.25, 0.3) is 11.8 Å². The molecule has 6 aromatic carbocycles. The van der Waals surface area contributed by atoms with Gasteiger partial charge in [0.15, 0.2) is 0 Å². The van der Waals surface area contributed by atoms with Gasteiger partial charge in [0.2, 0.25) is 11.8 Å². The van der Waals surface area contributed by atoms with Crippen LogP contribution in [-0.2, 0) is 85.8 Å². The number of rotatable bonds is 15. The summed E-state index contributed by atoms with van der Waals surface area (Å²) in [5, 5.41) is 31.3. The molecule has 13 N–H and O–H groups in total. The summed E-state index contributed by atoms with van der Waals surface area (Å²) in [6.45, 7) is 30.0. The largest absolute Gasteiger partial charge is 0.480 e. The van der Waals surface area contributed by atoms with Gasteiger partial charge in [-0.15, -0.1) is 0 Å². The van der Waals surface area contributed by atoms with Crippen LogP contribution in [-0.4, -0.2) is 251 Å². The standard InChI is InChI=1S/C19H27N3O5.C19H26N2O6.C18H23N3O3.C13H15N3O.C11H21N3O3.C10H14O3.C7H8.C2H6O/c1-18(2,3)27-17(25)22-11-9-19(10-12-22,15(20)23)21-16(24)26-13-14-7-5-4-6-8-14;1-18(2,3)27-17(25)21-11-9-19(10-12-21,15(22)23)20-16(24)26-13-14-7-5-4-6-8-14;1-17(2,3)24-16(23)21-11-9-18(10-12-21)15(22)19-14(20-18)13-7-5-4-6-8-13;17-12-13(6-8-14-9-7-13)16-11(15-12)10-4-2-1-3-5-10;1-10(2,3)17-9(16)14-6-4-11(13,5-7-14)8(12)15;1-11-10(12-2,13-3)9-7-5-4-6-8-9;1-7-5-3-2-4-6-7;1-2-3/h4-8H,9-13H2,1-3H3,(H2,20,23)(H,21,24);4-8H,9-13H2,1-3H3,(H,20,24)(H,22,23);4-8H,9-12H2,1-3H3,(H,19,20,22);1-5,14H,6-9H2,(H,15,16,17);4-7,13H2,1-3H3,(H2,12,15);4-8H,1-3H3;2-6H,1H3;3H,2H2,1H3. The molecule has 0 aliphatic carbocycles. The highest BCUT2D eigenvalue weighted by atomic mass is 16.9. The van der Waals surface area contributed by atoms with E-state index in [1.165, 1.54) is 15.4 Å². The van der Waals surface area contributed by atoms with Crippen molar-refractivity contribution in [1.29, 1.82) is 0 Å². The Morgan fingerprint density at radius 1 is 0.415 bits per heavy atom. The van der Waals surface area contributed by atoms with Gasteiger partial charge < -0.3 is 116 Å². The van der Waals surface area contributed by atoms with E-state index >= 15 is 0 Å². The molecule has 7 aliphatic heterocycles. The first-order chi connectivity index (χ1) is 63.5. The van der Waals surface area contributed by atoms with E-state index in [1.807, 2.05) is 199 Å². The molecule has 0 radical (unpaired) electrons. The van der Waals surface area contributed by atoms with Gasteiger partial charge in [-0.2, -0.15) is 0 Å². The monoisotopic (exact) mass is 1880 g/mol. The summed E-state index contributed by atoms with van der Waals surface area (Å²) in [5.74, 6) is -2.08. The first kappa shape index (κ1) is 111. The van der Waals surface area contributed by atoms with Gasteiger partial charge >= 0.3 is 48.5 Å². The number of hydrogen-bond acceptors (Lipinski definition) is 25. The fraction of sp³-hybridized carbons (Fsp3) is 0.505. The van der Waals surface area contributed by atoms with Gasteiger partial charge in [-0.25, -0.2) is 33.6 Å². The lowest BCUT2D eigenvalue weighted by Gasteiger charge is -2.39. The lowest BCUT2D eigenvalue weighted by atomic mass is 9.87. The number of aryl methyl sites for hydroxylation is 1. The van der Waals surface area contributed by atoms with Crippen molar-refractivity contribution in [2.24, 2.45) is 27.2 Å². The van der Waals surface area contributed by atoms with Crippen LogP contribution in [0.3, 0.4) is 0 Å². The van der Waals surface area contributed by atoms with Gasteiger partial charge in [0, 0.05) is 97.0 Å². The number of carbonyl (C=O) groups excluding carboxylic acids is 10. The first-order valence-electron chi connectivity index (χ1n) is 45.0. The quantitative estimate of drug-likeness (QED) is 0.0337. The number of likely N-dealkylation sites (tertiary alicyclic amines) is 4. The number of primary amides is 2. The summed E-state index contributed by atoms with van der Waals surface area (Å²) in [6, 6.07) is 57.5. The maximum Gasteiger partial charge on any atom is 0.410 e. The molecule has 0 unspecified atom stereocenters. The number of carboxylic acid groups (broad SMARTS) is 1. The average molecular weight is 1880 g/mol. The molecular formula is C99H140N14O22. The minimum absolute atomic E-state index is 0.0480. The zero-order valence-electron chi connectivity index (χ0n) is 81.1. The fourth-order valence-corrected chi connectivity index (χ4v) is 14.4. The topological polar surface area (TPSA) is 487 Å².